The molecule has 0 bridgehead atoms. The number of halogens is 1. The summed E-state index contributed by atoms with van der Waals surface area (Å²) in [6, 6.07) is 7.30. The lowest BCUT2D eigenvalue weighted by molar-refractivity contribution is -0.142. The smallest absolute Gasteiger partial charge is 0.244 e. The molecular weight excluding hydrogens is 454 g/mol. The Morgan fingerprint density at radius 1 is 1.12 bits per heavy atom. The second-order valence-corrected chi connectivity index (χ2v) is 10.2. The molecule has 9 heteroatoms. The molecule has 184 valence electrons. The van der Waals surface area contributed by atoms with E-state index in [2.05, 4.69) is 17.0 Å². The van der Waals surface area contributed by atoms with E-state index in [0.717, 1.165) is 44.6 Å². The predicted octanol–water partition coefficient (Wildman–Crippen LogP) is 2.70. The van der Waals surface area contributed by atoms with E-state index >= 15 is 0 Å². The maximum absolute atomic E-state index is 13.3. The molecule has 0 radical (unpaired) electrons. The van der Waals surface area contributed by atoms with E-state index in [-0.39, 0.29) is 18.4 Å². The second kappa shape index (κ2) is 10.8. The molecule has 2 fully saturated rings. The predicted molar refractivity (Wildman–Crippen MR) is 131 cm³/mol. The zero-order chi connectivity index (χ0) is 24.1. The van der Waals surface area contributed by atoms with E-state index in [0.29, 0.717) is 36.9 Å². The van der Waals surface area contributed by atoms with Gasteiger partial charge in [-0.15, -0.1) is 0 Å². The van der Waals surface area contributed by atoms with Gasteiger partial charge in [0.1, 0.15) is 12.3 Å². The Balaban J connectivity index is 1.48. The van der Waals surface area contributed by atoms with E-state index in [1.807, 2.05) is 35.1 Å². The van der Waals surface area contributed by atoms with Crippen molar-refractivity contribution < 1.29 is 14.3 Å². The van der Waals surface area contributed by atoms with Crippen molar-refractivity contribution in [2.24, 2.45) is 5.41 Å². The summed E-state index contributed by atoms with van der Waals surface area (Å²) in [5.41, 5.74) is 0.574. The summed E-state index contributed by atoms with van der Waals surface area (Å²) in [5.74, 6) is 0.830. The number of carbonyl (C=O) groups excluding carboxylic acids is 2. The van der Waals surface area contributed by atoms with Gasteiger partial charge in [0.15, 0.2) is 0 Å². The van der Waals surface area contributed by atoms with Crippen LogP contribution in [0.15, 0.2) is 36.7 Å². The zero-order valence-electron chi connectivity index (χ0n) is 20.1. The lowest BCUT2D eigenvalue weighted by Gasteiger charge is -2.43. The number of piperidine rings is 1. The van der Waals surface area contributed by atoms with E-state index in [1.54, 1.807) is 23.0 Å². The minimum Gasteiger partial charge on any atom is -0.493 e. The summed E-state index contributed by atoms with van der Waals surface area (Å²) in [5, 5.41) is 4.86. The summed E-state index contributed by atoms with van der Waals surface area (Å²) >= 11 is 6.14. The van der Waals surface area contributed by atoms with Crippen LogP contribution >= 0.6 is 11.6 Å². The van der Waals surface area contributed by atoms with Crippen molar-refractivity contribution in [1.82, 2.24) is 24.5 Å². The Kier molecular flexibility index (Phi) is 7.78. The van der Waals surface area contributed by atoms with Crippen molar-refractivity contribution in [2.45, 2.75) is 32.7 Å². The molecule has 2 aliphatic rings. The molecule has 2 aromatic rings. The van der Waals surface area contributed by atoms with Crippen LogP contribution in [0.1, 0.15) is 24.8 Å². The van der Waals surface area contributed by atoms with Crippen LogP contribution in [0, 0.1) is 12.3 Å². The first-order valence-electron chi connectivity index (χ1n) is 11.9. The van der Waals surface area contributed by atoms with Crippen LogP contribution in [-0.4, -0.2) is 89.2 Å². The minimum absolute atomic E-state index is 0.0157. The van der Waals surface area contributed by atoms with Crippen molar-refractivity contribution in [3.8, 4) is 5.75 Å². The van der Waals surface area contributed by atoms with Gasteiger partial charge in [0.05, 0.1) is 12.8 Å². The van der Waals surface area contributed by atoms with Gasteiger partial charge in [-0.3, -0.25) is 14.3 Å². The van der Waals surface area contributed by atoms with Crippen molar-refractivity contribution >= 4 is 23.4 Å². The minimum atomic E-state index is -0.448. The third kappa shape index (κ3) is 6.30. The first-order valence-corrected chi connectivity index (χ1v) is 12.3. The lowest BCUT2D eigenvalue weighted by atomic mass is 9.77. The number of nitrogens with zero attached hydrogens (tertiary/aromatic N) is 5. The molecular formula is C25H34ClN5O3. The molecule has 3 heterocycles. The lowest BCUT2D eigenvalue weighted by Crippen LogP contribution is -2.53. The molecule has 1 aromatic carbocycles. The third-order valence-corrected chi connectivity index (χ3v) is 7.03. The number of rotatable bonds is 7. The van der Waals surface area contributed by atoms with Crippen molar-refractivity contribution in [1.29, 1.82) is 0 Å². The van der Waals surface area contributed by atoms with E-state index in [9.17, 15) is 9.59 Å². The first kappa shape index (κ1) is 24.5. The highest BCUT2D eigenvalue weighted by Crippen LogP contribution is 2.36. The highest BCUT2D eigenvalue weighted by Gasteiger charge is 2.41. The van der Waals surface area contributed by atoms with Gasteiger partial charge in [0.2, 0.25) is 11.8 Å². The number of benzene rings is 1. The number of aryl methyl sites for hydroxylation is 1. The van der Waals surface area contributed by atoms with Crippen LogP contribution < -0.4 is 4.74 Å². The molecule has 2 amide bonds. The highest BCUT2D eigenvalue weighted by atomic mass is 35.5. The number of likely N-dealkylation sites (N-methyl/N-ethyl adjacent to an activating group) is 1. The number of ether oxygens (including phenoxy) is 1. The molecule has 34 heavy (non-hydrogen) atoms. The van der Waals surface area contributed by atoms with E-state index < -0.39 is 5.41 Å². The molecule has 0 aliphatic carbocycles. The van der Waals surface area contributed by atoms with Gasteiger partial charge in [-0.25, -0.2) is 0 Å². The number of carbonyl (C=O) groups is 2. The number of piperazine rings is 1. The number of likely N-dealkylation sites (tertiary alicyclic amines) is 1. The van der Waals surface area contributed by atoms with Crippen molar-refractivity contribution in [2.75, 3.05) is 52.9 Å². The van der Waals surface area contributed by atoms with Gasteiger partial charge >= 0.3 is 0 Å². The largest absolute Gasteiger partial charge is 0.493 e. The van der Waals surface area contributed by atoms with Crippen LogP contribution in [-0.2, 0) is 16.1 Å². The summed E-state index contributed by atoms with van der Waals surface area (Å²) < 4.78 is 7.84. The number of hydrogen-bond donors (Lipinski definition) is 0. The molecule has 0 spiro atoms. The average molecular weight is 488 g/mol. The van der Waals surface area contributed by atoms with Crippen LogP contribution in [0.25, 0.3) is 0 Å². The standard InChI is InChI=1S/C25H34ClN5O3/c1-20-15-27-31(16-20)17-24(33)30-8-4-7-25(18-30,19-34-22-6-3-5-21(26)13-22)14-23(32)29-11-9-28(2)10-12-29/h3,5-6,13,15-16H,4,7-12,14,17-19H2,1-2H3/t25-/m1/s1. The fraction of sp³-hybridized carbons (Fsp3) is 0.560. The van der Waals surface area contributed by atoms with Crippen LogP contribution in [0.3, 0.4) is 0 Å². The maximum Gasteiger partial charge on any atom is 0.244 e. The summed E-state index contributed by atoms with van der Waals surface area (Å²) in [7, 11) is 2.08. The normalized spacial score (nSPS) is 21.5. The highest BCUT2D eigenvalue weighted by molar-refractivity contribution is 6.30. The summed E-state index contributed by atoms with van der Waals surface area (Å²) in [6.45, 7) is 6.92. The fourth-order valence-corrected chi connectivity index (χ4v) is 4.99. The number of hydrogen-bond acceptors (Lipinski definition) is 5. The van der Waals surface area contributed by atoms with Crippen molar-refractivity contribution in [3.63, 3.8) is 0 Å². The third-order valence-electron chi connectivity index (χ3n) is 6.80. The molecule has 2 saturated heterocycles. The zero-order valence-corrected chi connectivity index (χ0v) is 20.8. The summed E-state index contributed by atoms with van der Waals surface area (Å²) in [6.07, 6.45) is 5.65. The van der Waals surface area contributed by atoms with Gasteiger partial charge in [0.25, 0.3) is 0 Å². The topological polar surface area (TPSA) is 70.9 Å². The molecule has 1 aromatic heterocycles. The van der Waals surface area contributed by atoms with Gasteiger partial charge in [0, 0.05) is 62.3 Å². The quantitative estimate of drug-likeness (QED) is 0.600. The monoisotopic (exact) mass is 487 g/mol. The van der Waals surface area contributed by atoms with Gasteiger partial charge in [-0.2, -0.15) is 5.10 Å². The Bertz CT molecular complexity index is 1000. The fourth-order valence-electron chi connectivity index (χ4n) is 4.81. The Morgan fingerprint density at radius 3 is 2.62 bits per heavy atom. The number of aromatic nitrogens is 2. The van der Waals surface area contributed by atoms with Crippen LogP contribution in [0.2, 0.25) is 5.02 Å². The molecule has 0 saturated carbocycles. The Hall–Kier alpha value is -2.58. The molecule has 8 nitrogen and oxygen atoms in total. The molecule has 2 aliphatic heterocycles. The molecule has 0 N–H and O–H groups in total. The van der Waals surface area contributed by atoms with Gasteiger partial charge in [-0.1, -0.05) is 17.7 Å². The summed E-state index contributed by atoms with van der Waals surface area (Å²) in [4.78, 5) is 32.5. The molecule has 1 atom stereocenters. The number of amides is 2. The average Bonchev–Trinajstić information content (AvgIpc) is 3.23. The second-order valence-electron chi connectivity index (χ2n) is 9.74. The first-order chi connectivity index (χ1) is 16.3. The van der Waals surface area contributed by atoms with Crippen LogP contribution in [0.5, 0.6) is 5.75 Å². The van der Waals surface area contributed by atoms with Gasteiger partial charge < -0.3 is 19.4 Å². The van der Waals surface area contributed by atoms with Gasteiger partial charge in [-0.05, 0) is 50.6 Å². The molecule has 4 rings (SSSR count). The SMILES string of the molecule is Cc1cnn(CC(=O)N2CCC[C@@](COc3cccc(Cl)c3)(CC(=O)N3CCN(C)CC3)C2)c1. The van der Waals surface area contributed by atoms with E-state index in [4.69, 9.17) is 16.3 Å². The molecule has 0 unspecified atom stereocenters. The maximum atomic E-state index is 13.3. The van der Waals surface area contributed by atoms with Crippen molar-refractivity contribution in [3.05, 3.63) is 47.2 Å². The Morgan fingerprint density at radius 2 is 1.91 bits per heavy atom. The van der Waals surface area contributed by atoms with Crippen LogP contribution in [0.4, 0.5) is 0 Å². The Labute approximate surface area is 206 Å². The van der Waals surface area contributed by atoms with E-state index in [1.165, 1.54) is 0 Å².